The molecule has 2 atom stereocenters. The molecule has 1 aliphatic rings. The van der Waals surface area contributed by atoms with E-state index in [2.05, 4.69) is 16.1 Å². The van der Waals surface area contributed by atoms with Crippen molar-refractivity contribution in [1.29, 1.82) is 0 Å². The van der Waals surface area contributed by atoms with Gasteiger partial charge in [0.25, 0.3) is 0 Å². The molecule has 2 heterocycles. The summed E-state index contributed by atoms with van der Waals surface area (Å²) in [6.07, 6.45) is 2.03. The van der Waals surface area contributed by atoms with Crippen LogP contribution in [-0.4, -0.2) is 38.3 Å². The van der Waals surface area contributed by atoms with Gasteiger partial charge in [0.1, 0.15) is 6.04 Å². The summed E-state index contributed by atoms with van der Waals surface area (Å²) >= 11 is 0. The van der Waals surface area contributed by atoms with Crippen LogP contribution in [0.5, 0.6) is 0 Å². The van der Waals surface area contributed by atoms with E-state index in [-0.39, 0.29) is 5.92 Å². The third-order valence-electron chi connectivity index (χ3n) is 4.48. The Labute approximate surface area is 124 Å². The third-order valence-corrected chi connectivity index (χ3v) is 4.48. The van der Waals surface area contributed by atoms with Crippen LogP contribution in [0.1, 0.15) is 25.5 Å². The minimum atomic E-state index is -0.720. The molecule has 1 aromatic heterocycles. The summed E-state index contributed by atoms with van der Waals surface area (Å²) in [5.74, 6) is -0.534. The number of carboxylic acids is 1. The summed E-state index contributed by atoms with van der Waals surface area (Å²) in [6, 6.07) is 7.69. The Kier molecular flexibility index (Phi) is 3.68. The first-order valence-electron chi connectivity index (χ1n) is 7.45. The molecule has 0 radical (unpaired) electrons. The van der Waals surface area contributed by atoms with Crippen LogP contribution in [0.2, 0.25) is 0 Å². The van der Waals surface area contributed by atoms with Crippen LogP contribution >= 0.6 is 0 Å². The van der Waals surface area contributed by atoms with E-state index in [4.69, 9.17) is 0 Å². The van der Waals surface area contributed by atoms with Gasteiger partial charge in [0.15, 0.2) is 0 Å². The van der Waals surface area contributed by atoms with E-state index in [0.29, 0.717) is 6.54 Å². The van der Waals surface area contributed by atoms with Crippen molar-refractivity contribution in [3.05, 3.63) is 30.0 Å². The van der Waals surface area contributed by atoms with Gasteiger partial charge in [-0.15, -0.1) is 0 Å². The lowest BCUT2D eigenvalue weighted by atomic mass is 9.90. The van der Waals surface area contributed by atoms with E-state index in [1.165, 1.54) is 0 Å². The fourth-order valence-electron chi connectivity index (χ4n) is 3.45. The first-order chi connectivity index (χ1) is 10.1. The number of hydrogen-bond donors (Lipinski definition) is 1. The SMILES string of the molecule is CC1CCCN(Cc2nn(C)c3ccccc23)C1C(=O)O. The van der Waals surface area contributed by atoms with E-state index in [0.717, 1.165) is 36.0 Å². The Hall–Kier alpha value is -1.88. The maximum absolute atomic E-state index is 11.6. The monoisotopic (exact) mass is 287 g/mol. The van der Waals surface area contributed by atoms with Crippen molar-refractivity contribution in [2.24, 2.45) is 13.0 Å². The van der Waals surface area contributed by atoms with Crippen LogP contribution in [0.4, 0.5) is 0 Å². The molecule has 5 nitrogen and oxygen atoms in total. The highest BCUT2D eigenvalue weighted by molar-refractivity contribution is 5.82. The van der Waals surface area contributed by atoms with Gasteiger partial charge in [-0.1, -0.05) is 25.1 Å². The number of rotatable bonds is 3. The molecule has 0 amide bonds. The van der Waals surface area contributed by atoms with Crippen molar-refractivity contribution in [2.45, 2.75) is 32.4 Å². The van der Waals surface area contributed by atoms with Crippen LogP contribution in [-0.2, 0) is 18.4 Å². The van der Waals surface area contributed by atoms with Gasteiger partial charge in [0.05, 0.1) is 11.2 Å². The number of carboxylic acid groups (broad SMARTS) is 1. The lowest BCUT2D eigenvalue weighted by molar-refractivity contribution is -0.147. The Morgan fingerprint density at radius 1 is 1.43 bits per heavy atom. The first kappa shape index (κ1) is 14.1. The zero-order valence-corrected chi connectivity index (χ0v) is 12.5. The molecule has 0 aliphatic carbocycles. The molecule has 21 heavy (non-hydrogen) atoms. The van der Waals surface area contributed by atoms with Gasteiger partial charge < -0.3 is 5.11 Å². The normalized spacial score (nSPS) is 23.5. The maximum atomic E-state index is 11.6. The second-order valence-electron chi connectivity index (χ2n) is 5.96. The summed E-state index contributed by atoms with van der Waals surface area (Å²) in [6.45, 7) is 3.45. The predicted molar refractivity (Wildman–Crippen MR) is 80.9 cm³/mol. The van der Waals surface area contributed by atoms with Crippen molar-refractivity contribution in [1.82, 2.24) is 14.7 Å². The van der Waals surface area contributed by atoms with E-state index < -0.39 is 12.0 Å². The molecule has 0 spiro atoms. The highest BCUT2D eigenvalue weighted by atomic mass is 16.4. The van der Waals surface area contributed by atoms with E-state index >= 15 is 0 Å². The minimum Gasteiger partial charge on any atom is -0.480 e. The van der Waals surface area contributed by atoms with Gasteiger partial charge in [-0.2, -0.15) is 5.10 Å². The zero-order chi connectivity index (χ0) is 15.0. The molecule has 3 rings (SSSR count). The lowest BCUT2D eigenvalue weighted by Gasteiger charge is -2.36. The topological polar surface area (TPSA) is 58.4 Å². The van der Waals surface area contributed by atoms with Gasteiger partial charge in [-0.25, -0.2) is 0 Å². The molecular formula is C16H21N3O2. The van der Waals surface area contributed by atoms with Crippen molar-refractivity contribution in [3.63, 3.8) is 0 Å². The van der Waals surface area contributed by atoms with Crippen LogP contribution in [0.25, 0.3) is 10.9 Å². The quantitative estimate of drug-likeness (QED) is 0.940. The minimum absolute atomic E-state index is 0.186. The van der Waals surface area contributed by atoms with Gasteiger partial charge in [0, 0.05) is 19.0 Å². The Morgan fingerprint density at radius 2 is 2.19 bits per heavy atom. The number of aromatic nitrogens is 2. The number of aliphatic carboxylic acids is 1. The van der Waals surface area contributed by atoms with Crippen LogP contribution in [0, 0.1) is 5.92 Å². The standard InChI is InChI=1S/C16H21N3O2/c1-11-6-5-9-19(15(11)16(20)21)10-13-12-7-3-4-8-14(12)18(2)17-13/h3-4,7-8,11,15H,5-6,9-10H2,1-2H3,(H,20,21). The molecular weight excluding hydrogens is 266 g/mol. The summed E-state index contributed by atoms with van der Waals surface area (Å²) in [4.78, 5) is 13.6. The molecule has 1 saturated heterocycles. The number of para-hydroxylation sites is 1. The van der Waals surface area contributed by atoms with E-state index in [9.17, 15) is 9.90 Å². The molecule has 1 aliphatic heterocycles. The second-order valence-corrected chi connectivity index (χ2v) is 5.96. The molecule has 1 aromatic carbocycles. The number of hydrogen-bond acceptors (Lipinski definition) is 3. The average molecular weight is 287 g/mol. The largest absolute Gasteiger partial charge is 0.480 e. The molecule has 2 aromatic rings. The summed E-state index contributed by atoms with van der Waals surface area (Å²) < 4.78 is 1.87. The maximum Gasteiger partial charge on any atom is 0.321 e. The number of fused-ring (bicyclic) bond motifs is 1. The van der Waals surface area contributed by atoms with Crippen LogP contribution < -0.4 is 0 Å². The Bertz CT molecular complexity index is 665. The predicted octanol–water partition coefficient (Wildman–Crippen LogP) is 2.26. The van der Waals surface area contributed by atoms with Gasteiger partial charge in [-0.3, -0.25) is 14.4 Å². The van der Waals surface area contributed by atoms with Crippen LogP contribution in [0.15, 0.2) is 24.3 Å². The van der Waals surface area contributed by atoms with Crippen molar-refractivity contribution in [2.75, 3.05) is 6.54 Å². The zero-order valence-electron chi connectivity index (χ0n) is 12.5. The summed E-state index contributed by atoms with van der Waals surface area (Å²) in [5, 5.41) is 15.2. The van der Waals surface area contributed by atoms with Gasteiger partial charge in [0.2, 0.25) is 0 Å². The molecule has 2 unspecified atom stereocenters. The molecule has 5 heteroatoms. The molecule has 0 saturated carbocycles. The molecule has 0 bridgehead atoms. The number of benzene rings is 1. The number of likely N-dealkylation sites (tertiary alicyclic amines) is 1. The van der Waals surface area contributed by atoms with Crippen LogP contribution in [0.3, 0.4) is 0 Å². The fourth-order valence-corrected chi connectivity index (χ4v) is 3.45. The molecule has 1 N–H and O–H groups in total. The second kappa shape index (κ2) is 5.48. The van der Waals surface area contributed by atoms with Crippen molar-refractivity contribution in [3.8, 4) is 0 Å². The Morgan fingerprint density at radius 3 is 2.95 bits per heavy atom. The fraction of sp³-hybridized carbons (Fsp3) is 0.500. The highest BCUT2D eigenvalue weighted by Crippen LogP contribution is 2.27. The summed E-state index contributed by atoms with van der Waals surface area (Å²) in [7, 11) is 1.93. The van der Waals surface area contributed by atoms with Gasteiger partial charge in [-0.05, 0) is 31.4 Å². The molecule has 112 valence electrons. The number of nitrogens with zero attached hydrogens (tertiary/aromatic N) is 3. The average Bonchev–Trinajstić information content (AvgIpc) is 2.76. The number of piperidine rings is 1. The first-order valence-corrected chi connectivity index (χ1v) is 7.45. The van der Waals surface area contributed by atoms with E-state index in [1.54, 1.807) is 0 Å². The highest BCUT2D eigenvalue weighted by Gasteiger charge is 2.34. The lowest BCUT2D eigenvalue weighted by Crippen LogP contribution is -2.48. The van der Waals surface area contributed by atoms with Crippen molar-refractivity contribution < 1.29 is 9.90 Å². The molecule has 1 fully saturated rings. The van der Waals surface area contributed by atoms with Crippen molar-refractivity contribution >= 4 is 16.9 Å². The third kappa shape index (κ3) is 2.53. The Balaban J connectivity index is 1.92. The van der Waals surface area contributed by atoms with E-state index in [1.807, 2.05) is 36.9 Å². The summed E-state index contributed by atoms with van der Waals surface area (Å²) in [5.41, 5.74) is 2.05. The number of aryl methyl sites for hydroxylation is 1. The number of carbonyl (C=O) groups is 1. The van der Waals surface area contributed by atoms with Gasteiger partial charge >= 0.3 is 5.97 Å². The smallest absolute Gasteiger partial charge is 0.321 e.